The first-order chi connectivity index (χ1) is 26.3. The van der Waals surface area contributed by atoms with E-state index in [9.17, 15) is 0 Å². The maximum absolute atomic E-state index is 6.45. The fourth-order valence-electron chi connectivity index (χ4n) is 7.42. The number of benzene rings is 7. The van der Waals surface area contributed by atoms with Gasteiger partial charge in [0.15, 0.2) is 17.5 Å². The number of furan rings is 2. The Morgan fingerprint density at radius 1 is 0.377 bits per heavy atom. The van der Waals surface area contributed by atoms with Gasteiger partial charge in [0.2, 0.25) is 0 Å². The van der Waals surface area contributed by atoms with Gasteiger partial charge in [0.05, 0.1) is 22.2 Å². The number of imidazole rings is 1. The lowest BCUT2D eigenvalue weighted by Crippen LogP contribution is -2.01. The van der Waals surface area contributed by atoms with Crippen LogP contribution in [0.4, 0.5) is 0 Å². The fraction of sp³-hybridized carbons (Fsp3) is 0. The van der Waals surface area contributed by atoms with Crippen LogP contribution in [-0.4, -0.2) is 24.5 Å². The first-order valence-corrected chi connectivity index (χ1v) is 17.5. The van der Waals surface area contributed by atoms with Crippen molar-refractivity contribution in [3.8, 4) is 51.2 Å². The van der Waals surface area contributed by atoms with Crippen molar-refractivity contribution in [1.82, 2.24) is 24.5 Å². The smallest absolute Gasteiger partial charge is 0.167 e. The lowest BCUT2D eigenvalue weighted by molar-refractivity contribution is 0.669. The number of rotatable bonds is 5. The fourth-order valence-corrected chi connectivity index (χ4v) is 7.42. The Morgan fingerprint density at radius 3 is 1.53 bits per heavy atom. The van der Waals surface area contributed by atoms with Crippen molar-refractivity contribution < 1.29 is 8.83 Å². The van der Waals surface area contributed by atoms with Crippen molar-refractivity contribution in [3.63, 3.8) is 0 Å². The molecule has 0 amide bonds. The van der Waals surface area contributed by atoms with Crippen molar-refractivity contribution >= 4 is 54.9 Å². The minimum Gasteiger partial charge on any atom is -0.455 e. The van der Waals surface area contributed by atoms with Crippen LogP contribution in [0, 0.1) is 0 Å². The van der Waals surface area contributed by atoms with E-state index >= 15 is 0 Å². The average molecular weight is 682 g/mol. The van der Waals surface area contributed by atoms with E-state index in [0.717, 1.165) is 88.7 Å². The second kappa shape index (κ2) is 11.6. The SMILES string of the molecule is c1ccc(-n2c(-c3ccc(-c4nc(-c5cccc6c5oc5ccccc56)nc(-c5cccc6c5oc5ccccc56)n4)cc3)nc3ccccc32)cc1. The number of aromatic nitrogens is 5. The zero-order valence-electron chi connectivity index (χ0n) is 28.1. The number of hydrogen-bond acceptors (Lipinski definition) is 6. The van der Waals surface area contributed by atoms with E-state index in [0.29, 0.717) is 17.5 Å². The molecule has 7 aromatic carbocycles. The van der Waals surface area contributed by atoms with Crippen LogP contribution in [0.2, 0.25) is 0 Å². The summed E-state index contributed by atoms with van der Waals surface area (Å²) in [6, 6.07) is 55.1. The molecule has 0 bridgehead atoms. The highest BCUT2D eigenvalue weighted by molar-refractivity contribution is 6.10. The normalized spacial score (nSPS) is 11.8. The zero-order chi connectivity index (χ0) is 34.9. The van der Waals surface area contributed by atoms with E-state index in [2.05, 4.69) is 71.3 Å². The molecule has 0 unspecified atom stereocenters. The molecule has 4 aromatic heterocycles. The van der Waals surface area contributed by atoms with Gasteiger partial charge in [-0.3, -0.25) is 4.57 Å². The van der Waals surface area contributed by atoms with Gasteiger partial charge in [0.25, 0.3) is 0 Å². The Labute approximate surface area is 302 Å². The number of fused-ring (bicyclic) bond motifs is 7. The third-order valence-electron chi connectivity index (χ3n) is 9.90. The topological polar surface area (TPSA) is 82.8 Å². The maximum atomic E-state index is 6.45. The van der Waals surface area contributed by atoms with Gasteiger partial charge in [-0.15, -0.1) is 0 Å². The van der Waals surface area contributed by atoms with Gasteiger partial charge in [-0.25, -0.2) is 19.9 Å². The highest BCUT2D eigenvalue weighted by atomic mass is 16.3. The van der Waals surface area contributed by atoms with Crippen molar-refractivity contribution in [2.24, 2.45) is 0 Å². The van der Waals surface area contributed by atoms with Gasteiger partial charge >= 0.3 is 0 Å². The molecule has 4 heterocycles. The zero-order valence-corrected chi connectivity index (χ0v) is 28.1. The van der Waals surface area contributed by atoms with E-state index < -0.39 is 0 Å². The quantitative estimate of drug-likeness (QED) is 0.180. The summed E-state index contributed by atoms with van der Waals surface area (Å²) in [6.07, 6.45) is 0. The first kappa shape index (κ1) is 29.4. The van der Waals surface area contributed by atoms with E-state index in [-0.39, 0.29) is 0 Å². The Hall–Kier alpha value is -7.38. The third-order valence-corrected chi connectivity index (χ3v) is 9.90. The first-order valence-electron chi connectivity index (χ1n) is 17.5. The minimum absolute atomic E-state index is 0.512. The van der Waals surface area contributed by atoms with Crippen molar-refractivity contribution in [1.29, 1.82) is 0 Å². The van der Waals surface area contributed by atoms with Gasteiger partial charge in [0, 0.05) is 38.4 Å². The highest BCUT2D eigenvalue weighted by Gasteiger charge is 2.21. The lowest BCUT2D eigenvalue weighted by atomic mass is 10.1. The monoisotopic (exact) mass is 681 g/mol. The summed E-state index contributed by atoms with van der Waals surface area (Å²) in [4.78, 5) is 20.4. The summed E-state index contributed by atoms with van der Waals surface area (Å²) >= 11 is 0. The molecule has 0 fully saturated rings. The predicted molar refractivity (Wildman–Crippen MR) is 211 cm³/mol. The molecule has 0 spiro atoms. The molecule has 11 aromatic rings. The maximum Gasteiger partial charge on any atom is 0.167 e. The van der Waals surface area contributed by atoms with Crippen LogP contribution in [-0.2, 0) is 0 Å². The van der Waals surface area contributed by atoms with Crippen molar-refractivity contribution in [2.45, 2.75) is 0 Å². The molecular weight excluding hydrogens is 655 g/mol. The van der Waals surface area contributed by atoms with Gasteiger partial charge in [-0.1, -0.05) is 115 Å². The minimum atomic E-state index is 0.512. The van der Waals surface area contributed by atoms with Gasteiger partial charge in [0.1, 0.15) is 28.2 Å². The van der Waals surface area contributed by atoms with Crippen molar-refractivity contribution in [3.05, 3.63) is 164 Å². The van der Waals surface area contributed by atoms with Crippen LogP contribution < -0.4 is 0 Å². The molecule has 0 radical (unpaired) electrons. The van der Waals surface area contributed by atoms with E-state index in [1.165, 1.54) is 0 Å². The summed E-state index contributed by atoms with van der Waals surface area (Å²) in [5, 5.41) is 4.10. The molecule has 0 aliphatic heterocycles. The molecule has 53 heavy (non-hydrogen) atoms. The van der Waals surface area contributed by atoms with Crippen molar-refractivity contribution in [2.75, 3.05) is 0 Å². The third kappa shape index (κ3) is 4.68. The molecule has 11 rings (SSSR count). The van der Waals surface area contributed by atoms with Crippen LogP contribution in [0.1, 0.15) is 0 Å². The average Bonchev–Trinajstić information content (AvgIpc) is 3.93. The van der Waals surface area contributed by atoms with E-state index in [1.807, 2.05) is 97.1 Å². The standard InChI is InChI=1S/C46H27N5O2/c1-2-12-30(13-3-1)51-38-21-7-6-20-37(38)47-46(51)29-26-24-28(25-27-29)43-48-44(35-18-10-16-33-31-14-4-8-22-39(31)52-41(33)35)50-45(49-43)36-19-11-17-34-32-15-5-9-23-40(32)53-42(34)36/h1-27H. The molecule has 0 aliphatic carbocycles. The molecule has 7 nitrogen and oxygen atoms in total. The number of hydrogen-bond donors (Lipinski definition) is 0. The van der Waals surface area contributed by atoms with Gasteiger partial charge in [-0.05, 0) is 48.5 Å². The molecule has 0 aliphatic rings. The summed E-state index contributed by atoms with van der Waals surface area (Å²) < 4.78 is 15.1. The van der Waals surface area contributed by atoms with Gasteiger partial charge < -0.3 is 8.83 Å². The molecule has 7 heteroatoms. The molecular formula is C46H27N5O2. The number of nitrogens with zero attached hydrogens (tertiary/aromatic N) is 5. The summed E-state index contributed by atoms with van der Waals surface area (Å²) in [6.45, 7) is 0. The van der Waals surface area contributed by atoms with Gasteiger partial charge in [-0.2, -0.15) is 0 Å². The molecule has 0 atom stereocenters. The number of para-hydroxylation sites is 7. The highest BCUT2D eigenvalue weighted by Crippen LogP contribution is 2.38. The Morgan fingerprint density at radius 2 is 0.887 bits per heavy atom. The Kier molecular flexibility index (Phi) is 6.42. The van der Waals surface area contributed by atoms with E-state index in [4.69, 9.17) is 28.8 Å². The van der Waals surface area contributed by atoms with Crippen LogP contribution in [0.25, 0.3) is 106 Å². The van der Waals surface area contributed by atoms with Crippen LogP contribution >= 0.6 is 0 Å². The van der Waals surface area contributed by atoms with Crippen LogP contribution in [0.5, 0.6) is 0 Å². The Balaban J connectivity index is 1.11. The lowest BCUT2D eigenvalue weighted by Gasteiger charge is -2.11. The second-order valence-corrected chi connectivity index (χ2v) is 13.0. The molecule has 0 saturated heterocycles. The van der Waals surface area contributed by atoms with E-state index in [1.54, 1.807) is 0 Å². The second-order valence-electron chi connectivity index (χ2n) is 13.0. The predicted octanol–water partition coefficient (Wildman–Crippen LogP) is 11.7. The van der Waals surface area contributed by atoms with Crippen LogP contribution in [0.3, 0.4) is 0 Å². The largest absolute Gasteiger partial charge is 0.455 e. The molecule has 0 saturated carbocycles. The summed E-state index contributed by atoms with van der Waals surface area (Å²) in [7, 11) is 0. The molecule has 0 N–H and O–H groups in total. The Bertz CT molecular complexity index is 3040. The molecule has 248 valence electrons. The summed E-state index contributed by atoms with van der Waals surface area (Å²) in [5.41, 5.74) is 9.50. The summed E-state index contributed by atoms with van der Waals surface area (Å²) in [5.74, 6) is 2.42. The van der Waals surface area contributed by atoms with Crippen LogP contribution in [0.15, 0.2) is 173 Å².